The van der Waals surface area contributed by atoms with Crippen molar-refractivity contribution in [2.45, 2.75) is 0 Å². The number of carbonyl (C=O) groups excluding carboxylic acids is 1. The number of carbonyl (C=O) groups is 1. The Morgan fingerprint density at radius 2 is 2.27 bits per heavy atom. The van der Waals surface area contributed by atoms with Crippen LogP contribution in [0.15, 0.2) is 25.0 Å². The normalized spacial score (nSPS) is 14.5. The highest BCUT2D eigenvalue weighted by Crippen LogP contribution is 2.20. The Morgan fingerprint density at radius 1 is 1.45 bits per heavy atom. The van der Waals surface area contributed by atoms with Gasteiger partial charge in [0.25, 0.3) is 5.91 Å². The third-order valence-electron chi connectivity index (χ3n) is 1.66. The summed E-state index contributed by atoms with van der Waals surface area (Å²) in [7, 11) is 0. The predicted molar refractivity (Wildman–Crippen MR) is 40.7 cm³/mol. The highest BCUT2D eigenvalue weighted by atomic mass is 16.1. The lowest BCUT2D eigenvalue weighted by Gasteiger charge is -1.92. The minimum atomic E-state index is -0.113. The standard InChI is InChI=1S/C8H6N2O/c1-5-6-2-3-9-4-7(6)8(11)10-5/h2-4H,1H2,(H,10,11). The van der Waals surface area contributed by atoms with Gasteiger partial charge in [0, 0.05) is 23.7 Å². The summed E-state index contributed by atoms with van der Waals surface area (Å²) in [6, 6.07) is 1.77. The van der Waals surface area contributed by atoms with E-state index in [2.05, 4.69) is 16.9 Å². The Labute approximate surface area is 63.8 Å². The third kappa shape index (κ3) is 0.741. The van der Waals surface area contributed by atoms with E-state index in [4.69, 9.17) is 0 Å². The molecule has 1 aliphatic rings. The van der Waals surface area contributed by atoms with Crippen molar-refractivity contribution in [3.8, 4) is 0 Å². The molecule has 11 heavy (non-hydrogen) atoms. The molecule has 1 N–H and O–H groups in total. The summed E-state index contributed by atoms with van der Waals surface area (Å²) in [6.07, 6.45) is 3.19. The number of hydrogen-bond donors (Lipinski definition) is 1. The number of amides is 1. The van der Waals surface area contributed by atoms with Gasteiger partial charge >= 0.3 is 0 Å². The van der Waals surface area contributed by atoms with Gasteiger partial charge < -0.3 is 5.32 Å². The van der Waals surface area contributed by atoms with Crippen molar-refractivity contribution in [3.63, 3.8) is 0 Å². The molecule has 0 radical (unpaired) electrons. The van der Waals surface area contributed by atoms with Crippen LogP contribution in [-0.4, -0.2) is 10.9 Å². The van der Waals surface area contributed by atoms with Crippen LogP contribution in [0.25, 0.3) is 5.70 Å². The smallest absolute Gasteiger partial charge is 0.257 e. The van der Waals surface area contributed by atoms with Crippen molar-refractivity contribution in [1.29, 1.82) is 0 Å². The first-order chi connectivity index (χ1) is 5.29. The van der Waals surface area contributed by atoms with E-state index in [1.54, 1.807) is 18.5 Å². The van der Waals surface area contributed by atoms with Gasteiger partial charge in [-0.25, -0.2) is 0 Å². The van der Waals surface area contributed by atoms with E-state index in [-0.39, 0.29) is 5.91 Å². The first kappa shape index (κ1) is 6.09. The van der Waals surface area contributed by atoms with E-state index < -0.39 is 0 Å². The maximum Gasteiger partial charge on any atom is 0.257 e. The molecule has 2 rings (SSSR count). The quantitative estimate of drug-likeness (QED) is 0.588. The van der Waals surface area contributed by atoms with Crippen molar-refractivity contribution < 1.29 is 4.79 Å². The second-order valence-corrected chi connectivity index (χ2v) is 2.35. The van der Waals surface area contributed by atoms with Gasteiger partial charge in [-0.3, -0.25) is 9.78 Å². The van der Waals surface area contributed by atoms with Crippen LogP contribution in [0.5, 0.6) is 0 Å². The van der Waals surface area contributed by atoms with Crippen LogP contribution in [-0.2, 0) is 0 Å². The highest BCUT2D eigenvalue weighted by Gasteiger charge is 2.21. The molecule has 0 fully saturated rings. The van der Waals surface area contributed by atoms with E-state index in [9.17, 15) is 4.79 Å². The fraction of sp³-hybridized carbons (Fsp3) is 0. The summed E-state index contributed by atoms with van der Waals surface area (Å²) in [4.78, 5) is 14.9. The number of nitrogens with zero attached hydrogens (tertiary/aromatic N) is 1. The zero-order valence-electron chi connectivity index (χ0n) is 5.79. The molecule has 3 heteroatoms. The monoisotopic (exact) mass is 146 g/mol. The molecule has 2 heterocycles. The average Bonchev–Trinajstić information content (AvgIpc) is 2.30. The summed E-state index contributed by atoms with van der Waals surface area (Å²) in [5, 5.41) is 2.61. The van der Waals surface area contributed by atoms with Crippen molar-refractivity contribution in [2.75, 3.05) is 0 Å². The Bertz CT molecular complexity index is 311. The second kappa shape index (κ2) is 1.92. The molecule has 0 aliphatic carbocycles. The van der Waals surface area contributed by atoms with Gasteiger partial charge in [0.05, 0.1) is 5.56 Å². The van der Waals surface area contributed by atoms with E-state index >= 15 is 0 Å². The first-order valence-corrected chi connectivity index (χ1v) is 3.23. The molecular formula is C8H6N2O. The molecule has 54 valence electrons. The zero-order chi connectivity index (χ0) is 7.84. The van der Waals surface area contributed by atoms with Gasteiger partial charge in [-0.05, 0) is 6.07 Å². The van der Waals surface area contributed by atoms with E-state index in [1.165, 1.54) is 0 Å². The van der Waals surface area contributed by atoms with E-state index in [0.717, 1.165) is 5.56 Å². The molecule has 1 amide bonds. The van der Waals surface area contributed by atoms with Gasteiger partial charge in [0.2, 0.25) is 0 Å². The number of rotatable bonds is 0. The van der Waals surface area contributed by atoms with Crippen LogP contribution < -0.4 is 5.32 Å². The van der Waals surface area contributed by atoms with Crippen molar-refractivity contribution in [2.24, 2.45) is 0 Å². The summed E-state index contributed by atoms with van der Waals surface area (Å²) < 4.78 is 0. The molecule has 0 spiro atoms. The molecule has 1 aromatic heterocycles. The van der Waals surface area contributed by atoms with Crippen molar-refractivity contribution in [1.82, 2.24) is 10.3 Å². The lowest BCUT2D eigenvalue weighted by atomic mass is 10.1. The third-order valence-corrected chi connectivity index (χ3v) is 1.66. The average molecular weight is 146 g/mol. The molecule has 0 atom stereocenters. The lowest BCUT2D eigenvalue weighted by molar-refractivity contribution is 0.0981. The molecule has 0 bridgehead atoms. The Kier molecular flexibility index (Phi) is 1.06. The van der Waals surface area contributed by atoms with Crippen LogP contribution >= 0.6 is 0 Å². The van der Waals surface area contributed by atoms with Crippen LogP contribution in [0.1, 0.15) is 15.9 Å². The van der Waals surface area contributed by atoms with Crippen LogP contribution in [0.4, 0.5) is 0 Å². The molecule has 3 nitrogen and oxygen atoms in total. The zero-order valence-corrected chi connectivity index (χ0v) is 5.79. The maximum absolute atomic E-state index is 11.1. The number of fused-ring (bicyclic) bond motifs is 1. The first-order valence-electron chi connectivity index (χ1n) is 3.23. The molecule has 0 aromatic carbocycles. The summed E-state index contributed by atoms with van der Waals surface area (Å²) >= 11 is 0. The van der Waals surface area contributed by atoms with E-state index in [1.807, 2.05) is 0 Å². The number of aromatic nitrogens is 1. The predicted octanol–water partition coefficient (Wildman–Crippen LogP) is 0.796. The number of nitrogens with one attached hydrogen (secondary N) is 1. The lowest BCUT2D eigenvalue weighted by Crippen LogP contribution is -2.11. The fourth-order valence-electron chi connectivity index (χ4n) is 1.11. The minimum Gasteiger partial charge on any atom is -0.322 e. The van der Waals surface area contributed by atoms with Crippen molar-refractivity contribution >= 4 is 11.6 Å². The fourth-order valence-corrected chi connectivity index (χ4v) is 1.11. The number of hydrogen-bond acceptors (Lipinski definition) is 2. The van der Waals surface area contributed by atoms with Crippen LogP contribution in [0, 0.1) is 0 Å². The molecule has 1 aromatic rings. The Hall–Kier alpha value is -1.64. The Morgan fingerprint density at radius 3 is 3.00 bits per heavy atom. The number of pyridine rings is 1. The minimum absolute atomic E-state index is 0.113. The molecule has 0 saturated heterocycles. The van der Waals surface area contributed by atoms with Gasteiger partial charge in [0.15, 0.2) is 0 Å². The van der Waals surface area contributed by atoms with E-state index in [0.29, 0.717) is 11.3 Å². The molecular weight excluding hydrogens is 140 g/mol. The highest BCUT2D eigenvalue weighted by molar-refractivity contribution is 6.08. The second-order valence-electron chi connectivity index (χ2n) is 2.35. The van der Waals surface area contributed by atoms with Crippen LogP contribution in [0.2, 0.25) is 0 Å². The SMILES string of the molecule is C=C1NC(=O)c2cnccc21. The topological polar surface area (TPSA) is 42.0 Å². The molecule has 0 unspecified atom stereocenters. The van der Waals surface area contributed by atoms with Gasteiger partial charge in [0.1, 0.15) is 0 Å². The Balaban J connectivity index is 2.69. The van der Waals surface area contributed by atoms with Gasteiger partial charge in [-0.15, -0.1) is 0 Å². The van der Waals surface area contributed by atoms with Crippen LogP contribution in [0.3, 0.4) is 0 Å². The van der Waals surface area contributed by atoms with Crippen molar-refractivity contribution in [3.05, 3.63) is 36.2 Å². The summed E-state index contributed by atoms with van der Waals surface area (Å²) in [6.45, 7) is 3.69. The molecule has 0 saturated carbocycles. The molecule has 1 aliphatic heterocycles. The van der Waals surface area contributed by atoms with Gasteiger partial charge in [-0.2, -0.15) is 0 Å². The largest absolute Gasteiger partial charge is 0.322 e. The summed E-state index contributed by atoms with van der Waals surface area (Å²) in [5.74, 6) is -0.113. The van der Waals surface area contributed by atoms with Gasteiger partial charge in [-0.1, -0.05) is 6.58 Å². The maximum atomic E-state index is 11.1. The summed E-state index contributed by atoms with van der Waals surface area (Å²) in [5.41, 5.74) is 2.12.